The fourth-order valence-corrected chi connectivity index (χ4v) is 8.44. The van der Waals surface area contributed by atoms with Crippen LogP contribution in [0.1, 0.15) is 294 Å². The highest BCUT2D eigenvalue weighted by Gasteiger charge is 2.39. The molecular formula is C78H152O17. The Bertz CT molecular complexity index is 1590. The van der Waals surface area contributed by atoms with Crippen molar-refractivity contribution in [3.05, 3.63) is 24.3 Å². The van der Waals surface area contributed by atoms with Gasteiger partial charge in [0.2, 0.25) is 0 Å². The van der Waals surface area contributed by atoms with Gasteiger partial charge in [-0.25, -0.2) is 9.59 Å². The Labute approximate surface area is 583 Å². The number of esters is 2. The van der Waals surface area contributed by atoms with Crippen molar-refractivity contribution >= 4 is 11.9 Å². The van der Waals surface area contributed by atoms with Crippen molar-refractivity contribution in [2.24, 2.45) is 0 Å². The van der Waals surface area contributed by atoms with Crippen LogP contribution in [-0.2, 0) is 80.6 Å². The quantitative estimate of drug-likeness (QED) is 0.0241. The van der Waals surface area contributed by atoms with Gasteiger partial charge < -0.3 is 71.1 Å². The van der Waals surface area contributed by atoms with E-state index in [2.05, 4.69) is 75.5 Å². The van der Waals surface area contributed by atoms with Crippen LogP contribution < -0.4 is 0 Å². The van der Waals surface area contributed by atoms with Crippen LogP contribution in [0.4, 0.5) is 0 Å². The molecule has 6 fully saturated rings. The van der Waals surface area contributed by atoms with Gasteiger partial charge in [-0.15, -0.1) is 0 Å². The zero-order valence-electron chi connectivity index (χ0n) is 63.8. The van der Waals surface area contributed by atoms with Gasteiger partial charge in [-0.2, -0.15) is 0 Å². The molecule has 7 unspecified atom stereocenters. The SMILES string of the molecule is C=C(C)C(=O)OCCCC.C=C(C)C(=O)OCCCCCC.CCCCCCCCCOCC1(C)CO1.CCCCCCCCOC1CO1.CCCCCCCOCC1CO1.CCCCCOCC1OC1C.CCCOCC1CO1.COCCCCCCCCOCC1CO1. The monoisotopic (exact) mass is 1360 g/mol. The topological polar surface area (TPSA) is 192 Å². The fourth-order valence-electron chi connectivity index (χ4n) is 8.44. The summed E-state index contributed by atoms with van der Waals surface area (Å²) < 4.78 is 77.5. The highest BCUT2D eigenvalue weighted by Crippen LogP contribution is 2.26. The van der Waals surface area contributed by atoms with Crippen molar-refractivity contribution in [1.29, 1.82) is 0 Å². The Morgan fingerprint density at radius 3 is 1.05 bits per heavy atom. The van der Waals surface area contributed by atoms with Gasteiger partial charge in [-0.3, -0.25) is 0 Å². The number of unbranched alkanes of at least 4 members (excludes halogenated alkanes) is 26. The summed E-state index contributed by atoms with van der Waals surface area (Å²) in [4.78, 5) is 21.5. The van der Waals surface area contributed by atoms with Gasteiger partial charge in [0, 0.05) is 64.5 Å². The van der Waals surface area contributed by atoms with E-state index in [0.29, 0.717) is 54.9 Å². The maximum absolute atomic E-state index is 10.9. The zero-order chi connectivity index (χ0) is 70.4. The minimum absolute atomic E-state index is 0.0706. The zero-order valence-corrected chi connectivity index (χ0v) is 63.8. The van der Waals surface area contributed by atoms with Gasteiger partial charge in [0.15, 0.2) is 6.29 Å². The Hall–Kier alpha value is -2.10. The van der Waals surface area contributed by atoms with Crippen molar-refractivity contribution in [2.75, 3.05) is 133 Å². The number of carbonyl (C=O) groups excluding carboxylic acids is 2. The van der Waals surface area contributed by atoms with Crippen molar-refractivity contribution in [3.63, 3.8) is 0 Å². The number of ether oxygens (including phenoxy) is 15. The maximum Gasteiger partial charge on any atom is 0.333 e. The molecular weight excluding hydrogens is 1210 g/mol. The van der Waals surface area contributed by atoms with Crippen LogP contribution in [0.5, 0.6) is 0 Å². The lowest BCUT2D eigenvalue weighted by Gasteiger charge is -2.06. The first-order valence-corrected chi connectivity index (χ1v) is 38.6. The van der Waals surface area contributed by atoms with Crippen LogP contribution >= 0.6 is 0 Å². The summed E-state index contributed by atoms with van der Waals surface area (Å²) in [7, 11) is 1.76. The maximum atomic E-state index is 10.9. The van der Waals surface area contributed by atoms with Gasteiger partial charge in [-0.05, 0) is 85.5 Å². The molecule has 0 aromatic carbocycles. The molecule has 0 aromatic heterocycles. The molecule has 17 heteroatoms. The summed E-state index contributed by atoms with van der Waals surface area (Å²) in [6, 6.07) is 0. The predicted octanol–water partition coefficient (Wildman–Crippen LogP) is 18.4. The highest BCUT2D eigenvalue weighted by molar-refractivity contribution is 5.87. The second kappa shape index (κ2) is 73.1. The van der Waals surface area contributed by atoms with E-state index in [1.807, 2.05) is 0 Å². The van der Waals surface area contributed by atoms with E-state index in [9.17, 15) is 9.59 Å². The number of epoxide rings is 6. The molecule has 6 heterocycles. The Morgan fingerprint density at radius 1 is 0.400 bits per heavy atom. The number of hydrogen-bond donors (Lipinski definition) is 0. The van der Waals surface area contributed by atoms with Gasteiger partial charge >= 0.3 is 11.9 Å². The standard InChI is InChI=1S/C13H26O2.C12H24O3.2C10H20O2.C10H18O2.C9H18O2.C8H14O2.C6H12O2/c1-3-4-5-6-7-8-9-10-14-11-13(2)12-15-13;1-13-8-6-4-2-3-5-7-9-14-10-12-11-15-12;1-2-3-4-5-6-7-11-8-10-9-12-10;1-2-3-4-5-6-7-8-11-10-9-12-10;1-4-5-6-7-8-12-10(11)9(2)3;1-3-4-5-6-10-7-9-8(2)11-9;1-4-5-6-10-8(9)7(2)3;1-2-3-7-4-6-5-8-6/h3-12H2,1-2H3;12H,2-11H2,1H3;2*10H,2-9H2,1H3;2,4-8H2,1,3H3;8-9H,3-7H2,1-2H3;2,4-6H2,1,3H3;6H,2-5H2,1H3. The van der Waals surface area contributed by atoms with Gasteiger partial charge in [0.05, 0.1) is 78.8 Å². The van der Waals surface area contributed by atoms with Crippen LogP contribution in [0, 0.1) is 0 Å². The predicted molar refractivity (Wildman–Crippen MR) is 388 cm³/mol. The lowest BCUT2D eigenvalue weighted by Crippen LogP contribution is -2.14. The van der Waals surface area contributed by atoms with Gasteiger partial charge in [0.25, 0.3) is 0 Å². The largest absolute Gasteiger partial charge is 0.462 e. The first-order valence-electron chi connectivity index (χ1n) is 38.6. The minimum atomic E-state index is -0.284. The third-order valence-corrected chi connectivity index (χ3v) is 15.5. The molecule has 6 saturated heterocycles. The first kappa shape index (κ1) is 95.0. The third-order valence-electron chi connectivity index (χ3n) is 15.5. The van der Waals surface area contributed by atoms with Crippen molar-refractivity contribution in [1.82, 2.24) is 0 Å². The van der Waals surface area contributed by atoms with Gasteiger partial charge in [-0.1, -0.05) is 222 Å². The molecule has 566 valence electrons. The average molecular weight is 1360 g/mol. The smallest absolute Gasteiger partial charge is 0.333 e. The Balaban J connectivity index is 0. The molecule has 0 bridgehead atoms. The van der Waals surface area contributed by atoms with Crippen LogP contribution in [0.25, 0.3) is 0 Å². The average Bonchev–Trinajstić information content (AvgIpc) is 2.01. The third kappa shape index (κ3) is 82.5. The molecule has 0 aliphatic carbocycles. The minimum Gasteiger partial charge on any atom is -0.462 e. The van der Waals surface area contributed by atoms with E-state index in [-0.39, 0.29) is 23.8 Å². The first-order chi connectivity index (χ1) is 46.2. The van der Waals surface area contributed by atoms with Crippen molar-refractivity contribution in [2.45, 2.75) is 337 Å². The highest BCUT2D eigenvalue weighted by atomic mass is 16.8. The number of rotatable bonds is 57. The normalized spacial score (nSPS) is 20.0. The molecule has 0 saturated carbocycles. The lowest BCUT2D eigenvalue weighted by molar-refractivity contribution is -0.139. The molecule has 6 rings (SSSR count). The van der Waals surface area contributed by atoms with Crippen LogP contribution in [0.15, 0.2) is 24.3 Å². The van der Waals surface area contributed by atoms with Crippen LogP contribution in [-0.4, -0.2) is 187 Å². The van der Waals surface area contributed by atoms with Gasteiger partial charge in [0.1, 0.15) is 36.6 Å². The van der Waals surface area contributed by atoms with E-state index in [1.54, 1.807) is 21.0 Å². The summed E-state index contributed by atoms with van der Waals surface area (Å²) in [5.41, 5.74) is 1.02. The van der Waals surface area contributed by atoms with Crippen LogP contribution in [0.2, 0.25) is 0 Å². The summed E-state index contributed by atoms with van der Waals surface area (Å²) in [5, 5.41) is 0. The Kier molecular flexibility index (Phi) is 73.1. The van der Waals surface area contributed by atoms with Crippen molar-refractivity contribution in [3.8, 4) is 0 Å². The lowest BCUT2D eigenvalue weighted by atomic mass is 10.1. The van der Waals surface area contributed by atoms with E-state index >= 15 is 0 Å². The number of carbonyl (C=O) groups is 2. The number of methoxy groups -OCH3 is 1. The molecule has 0 radical (unpaired) electrons. The molecule has 0 amide bonds. The van der Waals surface area contributed by atoms with E-state index in [1.165, 1.54) is 186 Å². The van der Waals surface area contributed by atoms with E-state index < -0.39 is 0 Å². The molecule has 7 atom stereocenters. The van der Waals surface area contributed by atoms with E-state index in [4.69, 9.17) is 71.1 Å². The van der Waals surface area contributed by atoms with Crippen molar-refractivity contribution < 1.29 is 80.6 Å². The second-order valence-electron chi connectivity index (χ2n) is 26.3. The molecule has 17 nitrogen and oxygen atoms in total. The summed E-state index contributed by atoms with van der Waals surface area (Å²) >= 11 is 0. The molecule has 6 aliphatic rings. The molecule has 95 heavy (non-hydrogen) atoms. The summed E-state index contributed by atoms with van der Waals surface area (Å²) in [6.45, 7) is 45.5. The Morgan fingerprint density at radius 2 is 0.705 bits per heavy atom. The molecule has 0 spiro atoms. The molecule has 0 N–H and O–H groups in total. The van der Waals surface area contributed by atoms with Crippen LogP contribution in [0.3, 0.4) is 0 Å². The summed E-state index contributed by atoms with van der Waals surface area (Å²) in [5.74, 6) is -0.556. The molecule has 0 aromatic rings. The second-order valence-corrected chi connectivity index (χ2v) is 26.3. The summed E-state index contributed by atoms with van der Waals surface area (Å²) in [6.07, 6.45) is 45.2. The van der Waals surface area contributed by atoms with E-state index in [0.717, 1.165) is 144 Å². The fraction of sp³-hybridized carbons (Fsp3) is 0.923. The molecule has 6 aliphatic heterocycles. The number of hydrogen-bond acceptors (Lipinski definition) is 17.